The molecule has 3 aromatic rings. The molecule has 0 aliphatic heterocycles. The van der Waals surface area contributed by atoms with Gasteiger partial charge in [-0.05, 0) is 49.9 Å². The van der Waals surface area contributed by atoms with Crippen molar-refractivity contribution >= 4 is 16.9 Å². The molecule has 25 heavy (non-hydrogen) atoms. The van der Waals surface area contributed by atoms with Crippen molar-refractivity contribution in [1.82, 2.24) is 14.9 Å². The summed E-state index contributed by atoms with van der Waals surface area (Å²) in [5.41, 5.74) is 4.00. The zero-order chi connectivity index (χ0) is 17.4. The second-order valence-electron chi connectivity index (χ2n) is 7.20. The molecule has 0 radical (unpaired) electrons. The summed E-state index contributed by atoms with van der Waals surface area (Å²) in [6, 6.07) is 16.7. The number of hydrogen-bond donors (Lipinski definition) is 1. The van der Waals surface area contributed by atoms with Crippen LogP contribution in [0.15, 0.2) is 54.9 Å². The van der Waals surface area contributed by atoms with Crippen molar-refractivity contribution in [3.63, 3.8) is 0 Å². The fourth-order valence-corrected chi connectivity index (χ4v) is 3.48. The van der Waals surface area contributed by atoms with Crippen LogP contribution in [0.25, 0.3) is 11.0 Å². The van der Waals surface area contributed by atoms with Crippen LogP contribution in [0.2, 0.25) is 0 Å². The highest BCUT2D eigenvalue weighted by Gasteiger charge is 2.50. The van der Waals surface area contributed by atoms with Crippen LogP contribution in [-0.2, 0) is 16.8 Å². The summed E-state index contributed by atoms with van der Waals surface area (Å²) in [7, 11) is 0. The number of fused-ring (bicyclic) bond motifs is 1. The van der Waals surface area contributed by atoms with Crippen molar-refractivity contribution in [3.8, 4) is 0 Å². The number of nitrogens with zero attached hydrogens (tertiary/aromatic N) is 2. The van der Waals surface area contributed by atoms with Crippen molar-refractivity contribution in [1.29, 1.82) is 0 Å². The second-order valence-corrected chi connectivity index (χ2v) is 7.20. The van der Waals surface area contributed by atoms with Crippen LogP contribution >= 0.6 is 0 Å². The Balaban J connectivity index is 1.48. The van der Waals surface area contributed by atoms with Crippen LogP contribution in [0, 0.1) is 0 Å². The number of hydrogen-bond acceptors (Lipinski definition) is 2. The summed E-state index contributed by atoms with van der Waals surface area (Å²) in [4.78, 5) is 17.2. The molecule has 1 saturated carbocycles. The number of rotatable bonds is 5. The van der Waals surface area contributed by atoms with E-state index in [1.165, 1.54) is 0 Å². The minimum Gasteiger partial charge on any atom is -0.351 e. The highest BCUT2D eigenvalue weighted by Crippen LogP contribution is 2.48. The van der Waals surface area contributed by atoms with Crippen molar-refractivity contribution in [2.75, 3.05) is 0 Å². The van der Waals surface area contributed by atoms with Gasteiger partial charge in [-0.1, -0.05) is 36.4 Å². The molecule has 128 valence electrons. The van der Waals surface area contributed by atoms with E-state index in [4.69, 9.17) is 0 Å². The molecule has 0 saturated heterocycles. The first-order chi connectivity index (χ1) is 12.1. The van der Waals surface area contributed by atoms with Gasteiger partial charge in [0.1, 0.15) is 0 Å². The number of nitrogens with one attached hydrogen (secondary N) is 1. The molecular weight excluding hydrogens is 310 g/mol. The lowest BCUT2D eigenvalue weighted by Gasteiger charge is -2.16. The monoisotopic (exact) mass is 333 g/mol. The van der Waals surface area contributed by atoms with Crippen LogP contribution in [0.1, 0.15) is 43.9 Å². The molecule has 2 aromatic carbocycles. The summed E-state index contributed by atoms with van der Waals surface area (Å²) < 4.78 is 2.16. The van der Waals surface area contributed by atoms with Gasteiger partial charge in [-0.3, -0.25) is 4.79 Å². The maximum absolute atomic E-state index is 12.7. The van der Waals surface area contributed by atoms with E-state index in [0.29, 0.717) is 12.6 Å². The molecule has 0 bridgehead atoms. The molecule has 1 heterocycles. The van der Waals surface area contributed by atoms with Gasteiger partial charge in [-0.25, -0.2) is 4.98 Å². The van der Waals surface area contributed by atoms with Crippen LogP contribution in [0.5, 0.6) is 0 Å². The largest absolute Gasteiger partial charge is 0.351 e. The lowest BCUT2D eigenvalue weighted by atomic mass is 9.95. The van der Waals surface area contributed by atoms with E-state index in [1.54, 1.807) is 0 Å². The fourth-order valence-electron chi connectivity index (χ4n) is 3.48. The molecule has 4 heteroatoms. The summed E-state index contributed by atoms with van der Waals surface area (Å²) in [5, 5.41) is 3.12. The minimum absolute atomic E-state index is 0.131. The van der Waals surface area contributed by atoms with Gasteiger partial charge in [0.2, 0.25) is 5.91 Å². The van der Waals surface area contributed by atoms with Crippen LogP contribution in [0.4, 0.5) is 0 Å². The molecule has 1 amide bonds. The zero-order valence-electron chi connectivity index (χ0n) is 14.7. The van der Waals surface area contributed by atoms with Crippen LogP contribution in [0.3, 0.4) is 0 Å². The fraction of sp³-hybridized carbons (Fsp3) is 0.333. The second kappa shape index (κ2) is 6.03. The van der Waals surface area contributed by atoms with Crippen molar-refractivity contribution < 1.29 is 4.79 Å². The van der Waals surface area contributed by atoms with E-state index >= 15 is 0 Å². The minimum atomic E-state index is -0.315. The lowest BCUT2D eigenvalue weighted by Crippen LogP contribution is -2.34. The molecule has 4 rings (SSSR count). The normalized spacial score (nSPS) is 15.5. The van der Waals surface area contributed by atoms with Crippen molar-refractivity contribution in [3.05, 3.63) is 66.0 Å². The van der Waals surface area contributed by atoms with Crippen LogP contribution < -0.4 is 5.32 Å². The first-order valence-corrected chi connectivity index (χ1v) is 8.89. The third kappa shape index (κ3) is 2.82. The van der Waals surface area contributed by atoms with Gasteiger partial charge in [0, 0.05) is 12.6 Å². The highest BCUT2D eigenvalue weighted by atomic mass is 16.2. The third-order valence-corrected chi connectivity index (χ3v) is 5.16. The Morgan fingerprint density at radius 1 is 1.20 bits per heavy atom. The van der Waals surface area contributed by atoms with E-state index in [9.17, 15) is 4.79 Å². The molecule has 0 unspecified atom stereocenters. The average molecular weight is 333 g/mol. The number of amides is 1. The molecule has 1 N–H and O–H groups in total. The van der Waals surface area contributed by atoms with Gasteiger partial charge in [-0.15, -0.1) is 0 Å². The predicted molar refractivity (Wildman–Crippen MR) is 99.3 cm³/mol. The van der Waals surface area contributed by atoms with Gasteiger partial charge in [-0.2, -0.15) is 0 Å². The number of carbonyl (C=O) groups excluding carboxylic acids is 1. The summed E-state index contributed by atoms with van der Waals surface area (Å²) >= 11 is 0. The Kier molecular flexibility index (Phi) is 3.83. The Labute approximate surface area is 147 Å². The molecule has 4 nitrogen and oxygen atoms in total. The molecule has 0 spiro atoms. The number of benzene rings is 2. The zero-order valence-corrected chi connectivity index (χ0v) is 14.7. The Morgan fingerprint density at radius 2 is 1.96 bits per heavy atom. The maximum atomic E-state index is 12.7. The average Bonchev–Trinajstić information content (AvgIpc) is 3.33. The Hall–Kier alpha value is -2.62. The number of aromatic nitrogens is 2. The highest BCUT2D eigenvalue weighted by molar-refractivity contribution is 5.91. The Morgan fingerprint density at radius 3 is 2.64 bits per heavy atom. The molecule has 1 fully saturated rings. The van der Waals surface area contributed by atoms with E-state index < -0.39 is 0 Å². The van der Waals surface area contributed by atoms with Crippen molar-refractivity contribution in [2.24, 2.45) is 0 Å². The SMILES string of the molecule is CC(C)n1cnc2cc(CNC(=O)C3(c4ccccc4)CC3)ccc21. The number of carbonyl (C=O) groups is 1. The maximum Gasteiger partial charge on any atom is 0.230 e. The van der Waals surface area contributed by atoms with Crippen molar-refractivity contribution in [2.45, 2.75) is 44.7 Å². The van der Waals surface area contributed by atoms with E-state index in [0.717, 1.165) is 35.0 Å². The lowest BCUT2D eigenvalue weighted by molar-refractivity contribution is -0.123. The number of imidazole rings is 1. The molecule has 0 atom stereocenters. The molecule has 1 aliphatic rings. The first kappa shape index (κ1) is 15.9. The predicted octanol–water partition coefficient (Wildman–Crippen LogP) is 3.97. The summed E-state index contributed by atoms with van der Waals surface area (Å²) in [5.74, 6) is 0.131. The first-order valence-electron chi connectivity index (χ1n) is 8.89. The van der Waals surface area contributed by atoms with E-state index in [-0.39, 0.29) is 11.3 Å². The van der Waals surface area contributed by atoms with Gasteiger partial charge in [0.05, 0.1) is 22.8 Å². The third-order valence-electron chi connectivity index (χ3n) is 5.16. The topological polar surface area (TPSA) is 46.9 Å². The van der Waals surface area contributed by atoms with E-state index in [1.807, 2.05) is 24.5 Å². The summed E-state index contributed by atoms with van der Waals surface area (Å²) in [6.07, 6.45) is 3.74. The smallest absolute Gasteiger partial charge is 0.230 e. The Bertz CT molecular complexity index is 907. The standard InChI is InChI=1S/C21H23N3O/c1-15(2)24-14-23-18-12-16(8-9-19(18)24)13-22-20(25)21(10-11-21)17-6-4-3-5-7-17/h3-9,12,14-15H,10-11,13H2,1-2H3,(H,22,25). The molecule has 1 aromatic heterocycles. The quantitative estimate of drug-likeness (QED) is 0.768. The van der Waals surface area contributed by atoms with E-state index in [2.05, 4.69) is 59.0 Å². The van der Waals surface area contributed by atoms with Gasteiger partial charge >= 0.3 is 0 Å². The van der Waals surface area contributed by atoms with Crippen LogP contribution in [-0.4, -0.2) is 15.5 Å². The molecule has 1 aliphatic carbocycles. The van der Waals surface area contributed by atoms with Gasteiger partial charge < -0.3 is 9.88 Å². The van der Waals surface area contributed by atoms with Gasteiger partial charge in [0.15, 0.2) is 0 Å². The van der Waals surface area contributed by atoms with Gasteiger partial charge in [0.25, 0.3) is 0 Å². The molecular formula is C21H23N3O. The summed E-state index contributed by atoms with van der Waals surface area (Å²) in [6.45, 7) is 4.83.